The van der Waals surface area contributed by atoms with Crippen LogP contribution in [-0.4, -0.2) is 11.0 Å². The van der Waals surface area contributed by atoms with Crippen LogP contribution in [0.1, 0.15) is 15.9 Å². The van der Waals surface area contributed by atoms with E-state index in [0.717, 1.165) is 27.1 Å². The first-order chi connectivity index (χ1) is 8.66. The number of benzene rings is 2. The monoisotopic (exact) mass is 236 g/mol. The van der Waals surface area contributed by atoms with Crippen LogP contribution in [0.3, 0.4) is 0 Å². The SMILES string of the molecule is Cc1cc2cc(C(=O)[O-])ccc2c2cnccc12. The van der Waals surface area contributed by atoms with Gasteiger partial charge in [0.2, 0.25) is 0 Å². The van der Waals surface area contributed by atoms with Gasteiger partial charge in [-0.25, -0.2) is 0 Å². The van der Waals surface area contributed by atoms with Crippen LogP contribution >= 0.6 is 0 Å². The molecule has 1 heterocycles. The highest BCUT2D eigenvalue weighted by molar-refractivity contribution is 6.09. The zero-order chi connectivity index (χ0) is 12.7. The number of carbonyl (C=O) groups excluding carboxylic acids is 1. The number of aromatic carboxylic acids is 1. The molecule has 3 heteroatoms. The predicted octanol–water partition coefficient (Wildman–Crippen LogP) is 2.06. The fourth-order valence-electron chi connectivity index (χ4n) is 2.32. The van der Waals surface area contributed by atoms with E-state index in [-0.39, 0.29) is 5.56 Å². The Morgan fingerprint density at radius 1 is 1.11 bits per heavy atom. The van der Waals surface area contributed by atoms with Crippen molar-refractivity contribution in [1.29, 1.82) is 0 Å². The number of rotatable bonds is 1. The maximum atomic E-state index is 10.9. The first-order valence-corrected chi connectivity index (χ1v) is 5.65. The van der Waals surface area contributed by atoms with Gasteiger partial charge in [-0.3, -0.25) is 4.98 Å². The molecule has 3 aromatic rings. The molecule has 0 atom stereocenters. The minimum atomic E-state index is -1.15. The van der Waals surface area contributed by atoms with Crippen molar-refractivity contribution in [3.63, 3.8) is 0 Å². The predicted molar refractivity (Wildman–Crippen MR) is 68.3 cm³/mol. The number of aryl methyl sites for hydroxylation is 1. The Bertz CT molecular complexity index is 778. The highest BCUT2D eigenvalue weighted by atomic mass is 16.4. The third kappa shape index (κ3) is 1.52. The maximum absolute atomic E-state index is 10.9. The molecule has 88 valence electrons. The van der Waals surface area contributed by atoms with Crippen LogP contribution < -0.4 is 5.11 Å². The van der Waals surface area contributed by atoms with Gasteiger partial charge in [0.15, 0.2) is 0 Å². The number of carbonyl (C=O) groups is 1. The van der Waals surface area contributed by atoms with Crippen molar-refractivity contribution in [2.24, 2.45) is 0 Å². The van der Waals surface area contributed by atoms with Crippen LogP contribution in [0, 0.1) is 6.92 Å². The van der Waals surface area contributed by atoms with Crippen molar-refractivity contribution in [1.82, 2.24) is 4.98 Å². The Balaban J connectivity index is 2.46. The first kappa shape index (κ1) is 10.7. The summed E-state index contributed by atoms with van der Waals surface area (Å²) in [4.78, 5) is 15.0. The summed E-state index contributed by atoms with van der Waals surface area (Å²) in [6.07, 6.45) is 3.57. The molecule has 0 aliphatic carbocycles. The minimum Gasteiger partial charge on any atom is -0.545 e. The van der Waals surface area contributed by atoms with Gasteiger partial charge >= 0.3 is 0 Å². The number of nitrogens with zero attached hydrogens (tertiary/aromatic N) is 1. The quantitative estimate of drug-likeness (QED) is 0.608. The lowest BCUT2D eigenvalue weighted by atomic mass is 9.98. The van der Waals surface area contributed by atoms with Crippen LogP contribution in [0.5, 0.6) is 0 Å². The summed E-state index contributed by atoms with van der Waals surface area (Å²) in [6.45, 7) is 2.01. The van der Waals surface area contributed by atoms with Gasteiger partial charge in [0, 0.05) is 17.8 Å². The minimum absolute atomic E-state index is 0.199. The van der Waals surface area contributed by atoms with Gasteiger partial charge in [-0.2, -0.15) is 0 Å². The normalized spacial score (nSPS) is 10.9. The molecule has 0 unspecified atom stereocenters. The van der Waals surface area contributed by atoms with Gasteiger partial charge in [-0.15, -0.1) is 0 Å². The number of hydrogen-bond donors (Lipinski definition) is 0. The Labute approximate surface area is 104 Å². The number of carboxylic acid groups (broad SMARTS) is 1. The van der Waals surface area contributed by atoms with Crippen molar-refractivity contribution in [3.05, 3.63) is 53.9 Å². The third-order valence-electron chi connectivity index (χ3n) is 3.20. The van der Waals surface area contributed by atoms with E-state index in [1.54, 1.807) is 18.3 Å². The van der Waals surface area contributed by atoms with Crippen LogP contribution in [0.15, 0.2) is 42.7 Å². The van der Waals surface area contributed by atoms with Gasteiger partial charge in [0.25, 0.3) is 0 Å². The average Bonchev–Trinajstić information content (AvgIpc) is 2.38. The first-order valence-electron chi connectivity index (χ1n) is 5.65. The van der Waals surface area contributed by atoms with Crippen molar-refractivity contribution >= 4 is 27.5 Å². The van der Waals surface area contributed by atoms with Crippen molar-refractivity contribution in [3.8, 4) is 0 Å². The molecule has 0 saturated carbocycles. The van der Waals surface area contributed by atoms with Gasteiger partial charge in [-0.1, -0.05) is 18.2 Å². The summed E-state index contributed by atoms with van der Waals surface area (Å²) in [5.74, 6) is -1.15. The van der Waals surface area contributed by atoms with E-state index in [4.69, 9.17) is 0 Å². The number of fused-ring (bicyclic) bond motifs is 3. The van der Waals surface area contributed by atoms with Crippen molar-refractivity contribution in [2.45, 2.75) is 6.92 Å². The molecule has 0 bridgehead atoms. The van der Waals surface area contributed by atoms with Gasteiger partial charge < -0.3 is 9.90 Å². The molecular weight excluding hydrogens is 226 g/mol. The third-order valence-corrected chi connectivity index (χ3v) is 3.20. The standard InChI is InChI=1S/C15H11NO2/c1-9-6-11-7-10(15(17)18)2-3-13(11)14-8-16-5-4-12(9)14/h2-8H,1H3,(H,17,18)/p-1. The number of pyridine rings is 1. The summed E-state index contributed by atoms with van der Waals surface area (Å²) in [5.41, 5.74) is 1.31. The zero-order valence-electron chi connectivity index (χ0n) is 9.81. The summed E-state index contributed by atoms with van der Waals surface area (Å²) in [5, 5.41) is 15.0. The van der Waals surface area contributed by atoms with Crippen LogP contribution in [0.25, 0.3) is 21.5 Å². The molecule has 0 amide bonds. The molecule has 18 heavy (non-hydrogen) atoms. The number of aromatic nitrogens is 1. The van der Waals surface area contributed by atoms with Crippen molar-refractivity contribution < 1.29 is 9.90 Å². The molecule has 0 aliphatic rings. The molecule has 0 aliphatic heterocycles. The molecule has 2 aromatic carbocycles. The lowest BCUT2D eigenvalue weighted by Gasteiger charge is -2.09. The average molecular weight is 236 g/mol. The molecule has 0 radical (unpaired) electrons. The Kier molecular flexibility index (Phi) is 2.27. The fraction of sp³-hybridized carbons (Fsp3) is 0.0667. The van der Waals surface area contributed by atoms with Crippen LogP contribution in [0.2, 0.25) is 0 Å². The van der Waals surface area contributed by atoms with Crippen LogP contribution in [0.4, 0.5) is 0 Å². The highest BCUT2D eigenvalue weighted by Crippen LogP contribution is 2.28. The summed E-state index contributed by atoms with van der Waals surface area (Å²) in [7, 11) is 0. The molecule has 3 rings (SSSR count). The molecule has 1 aromatic heterocycles. The maximum Gasteiger partial charge on any atom is 0.0715 e. The Morgan fingerprint density at radius 2 is 1.94 bits per heavy atom. The summed E-state index contributed by atoms with van der Waals surface area (Å²) >= 11 is 0. The van der Waals surface area contributed by atoms with E-state index in [2.05, 4.69) is 4.98 Å². The van der Waals surface area contributed by atoms with E-state index in [1.165, 1.54) is 0 Å². The van der Waals surface area contributed by atoms with Crippen LogP contribution in [-0.2, 0) is 0 Å². The zero-order valence-corrected chi connectivity index (χ0v) is 9.81. The molecule has 0 spiro atoms. The molecule has 0 N–H and O–H groups in total. The summed E-state index contributed by atoms with van der Waals surface area (Å²) in [6, 6.07) is 8.98. The topological polar surface area (TPSA) is 53.0 Å². The number of hydrogen-bond acceptors (Lipinski definition) is 3. The lowest BCUT2D eigenvalue weighted by molar-refractivity contribution is -0.255. The van der Waals surface area contributed by atoms with E-state index in [9.17, 15) is 9.90 Å². The highest BCUT2D eigenvalue weighted by Gasteiger charge is 2.05. The lowest BCUT2D eigenvalue weighted by Crippen LogP contribution is -2.21. The molecule has 3 nitrogen and oxygen atoms in total. The molecular formula is C15H10NO2-. The Morgan fingerprint density at radius 3 is 2.72 bits per heavy atom. The van der Waals surface area contributed by atoms with E-state index < -0.39 is 5.97 Å². The molecule has 0 saturated heterocycles. The van der Waals surface area contributed by atoms with Gasteiger partial charge in [0.1, 0.15) is 0 Å². The molecule has 0 fully saturated rings. The van der Waals surface area contributed by atoms with Gasteiger partial charge in [-0.05, 0) is 46.3 Å². The summed E-state index contributed by atoms with van der Waals surface area (Å²) < 4.78 is 0. The second-order valence-corrected chi connectivity index (χ2v) is 4.34. The van der Waals surface area contributed by atoms with E-state index >= 15 is 0 Å². The van der Waals surface area contributed by atoms with Gasteiger partial charge in [0.05, 0.1) is 5.97 Å². The second kappa shape index (κ2) is 3.81. The number of carboxylic acids is 1. The second-order valence-electron chi connectivity index (χ2n) is 4.34. The van der Waals surface area contributed by atoms with E-state index in [1.807, 2.05) is 31.3 Å². The largest absolute Gasteiger partial charge is 0.545 e. The van der Waals surface area contributed by atoms with E-state index in [0.29, 0.717) is 0 Å². The fourth-order valence-corrected chi connectivity index (χ4v) is 2.32. The Hall–Kier alpha value is -2.42. The van der Waals surface area contributed by atoms with Crippen molar-refractivity contribution in [2.75, 3.05) is 0 Å². The smallest absolute Gasteiger partial charge is 0.0715 e.